The van der Waals surface area contributed by atoms with Gasteiger partial charge in [-0.1, -0.05) is 0 Å². The van der Waals surface area contributed by atoms with E-state index in [0.717, 1.165) is 89.9 Å². The van der Waals surface area contributed by atoms with Crippen LogP contribution in [0.2, 0.25) is 0 Å². The molecular formula is C44H38MnN8+7. The van der Waals surface area contributed by atoms with Gasteiger partial charge in [0.2, 0.25) is 22.8 Å². The van der Waals surface area contributed by atoms with E-state index in [4.69, 9.17) is 9.97 Å². The fourth-order valence-electron chi connectivity index (χ4n) is 7.42. The van der Waals surface area contributed by atoms with Crippen LogP contribution in [0, 0.1) is 0 Å². The number of aryl methyl sites for hydroxylation is 4. The van der Waals surface area contributed by atoms with Crippen LogP contribution < -0.4 is 18.3 Å². The molecule has 9 heterocycles. The number of hydrogen-bond donors (Lipinski definition) is 2. The van der Waals surface area contributed by atoms with Gasteiger partial charge in [-0.2, -0.15) is 0 Å². The van der Waals surface area contributed by atoms with Gasteiger partial charge in [-0.05, 0) is 72.8 Å². The van der Waals surface area contributed by atoms with E-state index in [0.29, 0.717) is 0 Å². The zero-order chi connectivity index (χ0) is 35.3. The Morgan fingerprint density at radius 2 is 0.642 bits per heavy atom. The molecule has 8 bridgehead atoms. The van der Waals surface area contributed by atoms with E-state index in [1.807, 2.05) is 18.2 Å². The molecule has 2 aliphatic rings. The first-order valence-corrected chi connectivity index (χ1v) is 17.4. The standard InChI is InChI=1S/C44H37N8.Mn/c1-49-25-9-5-13-37(49)41-29-17-19-31(45-29)42(38-14-6-10-26-50(38)2)33-21-23-35(47-33)44(40-16-8-12-28-52(40)4)36-24-22-34(48-36)43(32-20-18-30(41)46-32)39-15-7-11-27-51(39)3;/h5-28H,1-4H3,(H,45,46,47,48);/q2*+3/p+1. The molecule has 9 rings (SSSR count). The van der Waals surface area contributed by atoms with Crippen molar-refractivity contribution in [3.63, 3.8) is 0 Å². The second kappa shape index (κ2) is 13.7. The first-order chi connectivity index (χ1) is 25.4. The van der Waals surface area contributed by atoms with Crippen molar-refractivity contribution >= 4 is 46.4 Å². The number of rotatable bonds is 4. The number of aromatic amines is 2. The van der Waals surface area contributed by atoms with Gasteiger partial charge in [0, 0.05) is 48.5 Å². The van der Waals surface area contributed by atoms with Crippen molar-refractivity contribution in [2.24, 2.45) is 28.2 Å². The zero-order valence-electron chi connectivity index (χ0n) is 29.9. The van der Waals surface area contributed by atoms with Crippen molar-refractivity contribution in [3.05, 3.63) is 145 Å². The number of nitrogens with one attached hydrogen (secondary N) is 2. The largest absolute Gasteiger partial charge is 3.00 e. The van der Waals surface area contributed by atoms with Gasteiger partial charge in [0.1, 0.15) is 28.2 Å². The normalized spacial score (nSPS) is 11.8. The summed E-state index contributed by atoms with van der Waals surface area (Å²) in [6.45, 7) is 0. The Kier molecular flexibility index (Phi) is 8.74. The molecular weight excluding hydrogens is 695 g/mol. The van der Waals surface area contributed by atoms with Gasteiger partial charge in [-0.3, -0.25) is 0 Å². The van der Waals surface area contributed by atoms with Crippen molar-refractivity contribution in [1.82, 2.24) is 19.9 Å². The van der Waals surface area contributed by atoms with Gasteiger partial charge < -0.3 is 9.97 Å². The summed E-state index contributed by atoms with van der Waals surface area (Å²) in [5.41, 5.74) is 15.6. The van der Waals surface area contributed by atoms with Crippen LogP contribution >= 0.6 is 0 Å². The molecule has 254 valence electrons. The van der Waals surface area contributed by atoms with Crippen molar-refractivity contribution in [1.29, 1.82) is 0 Å². The van der Waals surface area contributed by atoms with Crippen molar-refractivity contribution in [2.45, 2.75) is 0 Å². The molecule has 0 aromatic carbocycles. The quantitative estimate of drug-likeness (QED) is 0.158. The summed E-state index contributed by atoms with van der Waals surface area (Å²) in [5.74, 6) is 0. The molecule has 53 heavy (non-hydrogen) atoms. The minimum atomic E-state index is 0. The molecule has 0 saturated carbocycles. The van der Waals surface area contributed by atoms with E-state index in [1.165, 1.54) is 0 Å². The average Bonchev–Trinajstić information content (AvgIpc) is 3.99. The molecule has 0 radical (unpaired) electrons. The smallest absolute Gasteiger partial charge is 0.354 e. The molecule has 7 aromatic heterocycles. The number of hydrogen-bond acceptors (Lipinski definition) is 2. The molecule has 0 aliphatic carbocycles. The molecule has 9 heteroatoms. The summed E-state index contributed by atoms with van der Waals surface area (Å²) >= 11 is 0. The van der Waals surface area contributed by atoms with Gasteiger partial charge in [0.15, 0.2) is 24.8 Å². The van der Waals surface area contributed by atoms with Gasteiger partial charge in [-0.25, -0.2) is 28.2 Å². The van der Waals surface area contributed by atoms with Crippen molar-refractivity contribution < 1.29 is 35.3 Å². The number of H-pyrrole nitrogens is 2. The summed E-state index contributed by atoms with van der Waals surface area (Å²) in [7, 11) is 8.31. The van der Waals surface area contributed by atoms with Gasteiger partial charge in [-0.15, -0.1) is 0 Å². The minimum absolute atomic E-state index is 0. The molecule has 2 N–H and O–H groups in total. The molecule has 8 nitrogen and oxygen atoms in total. The molecule has 0 atom stereocenters. The van der Waals surface area contributed by atoms with Crippen LogP contribution in [0.3, 0.4) is 0 Å². The average molecular weight is 734 g/mol. The van der Waals surface area contributed by atoms with Gasteiger partial charge >= 0.3 is 17.1 Å². The van der Waals surface area contributed by atoms with E-state index in [-0.39, 0.29) is 17.1 Å². The summed E-state index contributed by atoms with van der Waals surface area (Å²) in [6, 6.07) is 33.8. The van der Waals surface area contributed by atoms with Crippen LogP contribution in [0.5, 0.6) is 0 Å². The molecule has 0 spiro atoms. The Bertz CT molecular complexity index is 2660. The Balaban J connectivity index is 0.00000400. The maximum atomic E-state index is 5.41. The fraction of sp³-hybridized carbons (Fsp3) is 0.0909. The van der Waals surface area contributed by atoms with Crippen LogP contribution in [0.15, 0.2) is 122 Å². The Labute approximate surface area is 318 Å². The van der Waals surface area contributed by atoms with E-state index < -0.39 is 0 Å². The molecule has 0 unspecified atom stereocenters. The summed E-state index contributed by atoms with van der Waals surface area (Å²) in [6.07, 6.45) is 16.8. The van der Waals surface area contributed by atoms with Crippen LogP contribution in [0.4, 0.5) is 0 Å². The summed E-state index contributed by atoms with van der Waals surface area (Å²) < 4.78 is 8.59. The fourth-order valence-corrected chi connectivity index (χ4v) is 7.42. The van der Waals surface area contributed by atoms with Crippen LogP contribution in [0.25, 0.3) is 91.4 Å². The van der Waals surface area contributed by atoms with Crippen LogP contribution in [-0.4, -0.2) is 19.9 Å². The van der Waals surface area contributed by atoms with Crippen LogP contribution in [0.1, 0.15) is 22.8 Å². The first kappa shape index (κ1) is 33.8. The third-order valence-corrected chi connectivity index (χ3v) is 10.00. The van der Waals surface area contributed by atoms with E-state index in [1.54, 1.807) is 0 Å². The predicted molar refractivity (Wildman–Crippen MR) is 205 cm³/mol. The minimum Gasteiger partial charge on any atom is -0.354 e. The summed E-state index contributed by atoms with van der Waals surface area (Å²) in [5, 5.41) is 0. The van der Waals surface area contributed by atoms with Gasteiger partial charge in [0.05, 0.1) is 67.1 Å². The number of nitrogens with zero attached hydrogens (tertiary/aromatic N) is 6. The first-order valence-electron chi connectivity index (χ1n) is 17.4. The van der Waals surface area contributed by atoms with Crippen LogP contribution in [-0.2, 0) is 45.3 Å². The number of pyridine rings is 4. The Morgan fingerprint density at radius 1 is 0.358 bits per heavy atom. The Hall–Kier alpha value is -6.28. The summed E-state index contributed by atoms with van der Waals surface area (Å²) in [4.78, 5) is 18.5. The monoisotopic (exact) mass is 733 g/mol. The predicted octanol–water partition coefficient (Wildman–Crippen LogP) is 6.62. The van der Waals surface area contributed by atoms with Crippen molar-refractivity contribution in [2.75, 3.05) is 0 Å². The molecule has 0 amide bonds. The maximum Gasteiger partial charge on any atom is 3.00 e. The number of fused-ring (bicyclic) bond motifs is 8. The second-order valence-electron chi connectivity index (χ2n) is 13.3. The molecule has 2 aliphatic heterocycles. The molecule has 0 fully saturated rings. The Morgan fingerprint density at radius 3 is 0.981 bits per heavy atom. The SMILES string of the molecule is C[n+]1ccccc1-c1c2nc(c(-c3cccc[n+]3C)c3ccc([nH]3)c(-c3cccc[n+]3C)c3ccc([nH]3)c(-c3cccc[n+]3C)c3nc1C=C3)C=C2.[Mn+3]. The van der Waals surface area contributed by atoms with Gasteiger partial charge in [0.25, 0.3) is 0 Å². The van der Waals surface area contributed by atoms with E-state index >= 15 is 0 Å². The third-order valence-electron chi connectivity index (χ3n) is 10.00. The third kappa shape index (κ3) is 5.90. The van der Waals surface area contributed by atoms with E-state index in [9.17, 15) is 0 Å². The topological polar surface area (TPSA) is 72.9 Å². The van der Waals surface area contributed by atoms with Crippen molar-refractivity contribution in [3.8, 4) is 45.0 Å². The second-order valence-corrected chi connectivity index (χ2v) is 13.3. The zero-order valence-corrected chi connectivity index (χ0v) is 31.1. The maximum absolute atomic E-state index is 5.41. The van der Waals surface area contributed by atoms with E-state index in [2.05, 4.69) is 184 Å². The number of aromatic nitrogens is 8. The molecule has 7 aromatic rings. The molecule has 0 saturated heterocycles.